The van der Waals surface area contributed by atoms with Gasteiger partial charge in [-0.3, -0.25) is 9.69 Å². The highest BCUT2D eigenvalue weighted by Crippen LogP contribution is 2.38. The largest absolute Gasteiger partial charge is 0.444 e. The van der Waals surface area contributed by atoms with Crippen LogP contribution in [-0.4, -0.2) is 64.5 Å². The SMILES string of the molecule is CCC(C)N1Cc2cc(C(=O)N3CCN(C(=O)OC(C)(C)C)CC3)ccc2C1CC. The lowest BCUT2D eigenvalue weighted by atomic mass is 9.99. The molecule has 1 aromatic carbocycles. The van der Waals surface area contributed by atoms with E-state index in [2.05, 4.69) is 37.8 Å². The molecule has 0 spiro atoms. The molecule has 0 saturated carbocycles. The van der Waals surface area contributed by atoms with E-state index in [1.807, 2.05) is 31.7 Å². The molecule has 2 aliphatic heterocycles. The van der Waals surface area contributed by atoms with E-state index >= 15 is 0 Å². The molecule has 30 heavy (non-hydrogen) atoms. The summed E-state index contributed by atoms with van der Waals surface area (Å²) in [6.07, 6.45) is 1.90. The van der Waals surface area contributed by atoms with E-state index in [9.17, 15) is 9.59 Å². The number of nitrogens with zero attached hydrogens (tertiary/aromatic N) is 3. The summed E-state index contributed by atoms with van der Waals surface area (Å²) in [6.45, 7) is 15.3. The summed E-state index contributed by atoms with van der Waals surface area (Å²) in [7, 11) is 0. The van der Waals surface area contributed by atoms with Crippen LogP contribution in [0.2, 0.25) is 0 Å². The molecule has 0 radical (unpaired) electrons. The van der Waals surface area contributed by atoms with Crippen LogP contribution in [0.3, 0.4) is 0 Å². The van der Waals surface area contributed by atoms with Crippen LogP contribution in [0.25, 0.3) is 0 Å². The minimum atomic E-state index is -0.506. The van der Waals surface area contributed by atoms with Crippen molar-refractivity contribution in [1.29, 1.82) is 0 Å². The van der Waals surface area contributed by atoms with Crippen molar-refractivity contribution in [2.24, 2.45) is 0 Å². The normalized spacial score (nSPS) is 20.8. The monoisotopic (exact) mass is 415 g/mol. The van der Waals surface area contributed by atoms with Crippen molar-refractivity contribution >= 4 is 12.0 Å². The van der Waals surface area contributed by atoms with Gasteiger partial charge in [0, 0.05) is 50.4 Å². The topological polar surface area (TPSA) is 53.1 Å². The Balaban J connectivity index is 1.65. The van der Waals surface area contributed by atoms with Gasteiger partial charge in [-0.15, -0.1) is 0 Å². The van der Waals surface area contributed by atoms with Gasteiger partial charge in [-0.1, -0.05) is 19.9 Å². The fourth-order valence-electron chi connectivity index (χ4n) is 4.44. The number of benzene rings is 1. The Kier molecular flexibility index (Phi) is 6.75. The zero-order valence-electron chi connectivity index (χ0n) is 19.4. The summed E-state index contributed by atoms with van der Waals surface area (Å²) < 4.78 is 5.45. The van der Waals surface area contributed by atoms with E-state index in [1.54, 1.807) is 4.90 Å². The summed E-state index contributed by atoms with van der Waals surface area (Å²) in [5.41, 5.74) is 2.89. The van der Waals surface area contributed by atoms with Crippen LogP contribution in [0.15, 0.2) is 18.2 Å². The minimum absolute atomic E-state index is 0.0525. The first-order valence-electron chi connectivity index (χ1n) is 11.3. The third-order valence-electron chi connectivity index (χ3n) is 6.26. The van der Waals surface area contributed by atoms with Gasteiger partial charge in [-0.25, -0.2) is 4.79 Å². The first kappa shape index (κ1) is 22.6. The Morgan fingerprint density at radius 2 is 1.73 bits per heavy atom. The van der Waals surface area contributed by atoms with Crippen LogP contribution in [-0.2, 0) is 11.3 Å². The molecular formula is C24H37N3O3. The van der Waals surface area contributed by atoms with E-state index in [-0.39, 0.29) is 12.0 Å². The molecule has 2 aliphatic rings. The number of hydrogen-bond acceptors (Lipinski definition) is 4. The van der Waals surface area contributed by atoms with Gasteiger partial charge in [0.1, 0.15) is 5.60 Å². The number of piperazine rings is 1. The highest BCUT2D eigenvalue weighted by molar-refractivity contribution is 5.94. The number of fused-ring (bicyclic) bond motifs is 1. The maximum atomic E-state index is 13.1. The zero-order chi connectivity index (χ0) is 22.1. The molecule has 3 rings (SSSR count). The van der Waals surface area contributed by atoms with Gasteiger partial charge in [0.15, 0.2) is 0 Å². The number of rotatable bonds is 4. The highest BCUT2D eigenvalue weighted by atomic mass is 16.6. The molecule has 2 heterocycles. The molecular weight excluding hydrogens is 378 g/mol. The van der Waals surface area contributed by atoms with Gasteiger partial charge in [-0.05, 0) is 63.8 Å². The fourth-order valence-corrected chi connectivity index (χ4v) is 4.44. The van der Waals surface area contributed by atoms with Crippen LogP contribution < -0.4 is 0 Å². The van der Waals surface area contributed by atoms with Crippen LogP contribution >= 0.6 is 0 Å². The third-order valence-corrected chi connectivity index (χ3v) is 6.26. The summed E-state index contributed by atoms with van der Waals surface area (Å²) >= 11 is 0. The summed E-state index contributed by atoms with van der Waals surface area (Å²) in [5.74, 6) is 0.0525. The Bertz CT molecular complexity index is 778. The lowest BCUT2D eigenvalue weighted by Crippen LogP contribution is -2.51. The predicted octanol–water partition coefficient (Wildman–Crippen LogP) is 4.44. The molecule has 1 fully saturated rings. The molecule has 0 aromatic heterocycles. The summed E-state index contributed by atoms with van der Waals surface area (Å²) in [4.78, 5) is 31.4. The number of carbonyl (C=O) groups is 2. The van der Waals surface area contributed by atoms with Crippen molar-refractivity contribution in [2.45, 2.75) is 78.6 Å². The standard InChI is InChI=1S/C24H37N3O3/c1-7-17(3)27-16-19-15-18(9-10-20(19)21(27)8-2)22(28)25-11-13-26(14-12-25)23(29)30-24(4,5)6/h9-10,15,17,21H,7-8,11-14,16H2,1-6H3. The van der Waals surface area contributed by atoms with Crippen LogP contribution in [0, 0.1) is 0 Å². The van der Waals surface area contributed by atoms with Crippen molar-refractivity contribution in [3.05, 3.63) is 34.9 Å². The van der Waals surface area contributed by atoms with Crippen molar-refractivity contribution < 1.29 is 14.3 Å². The van der Waals surface area contributed by atoms with E-state index in [4.69, 9.17) is 4.74 Å². The van der Waals surface area contributed by atoms with Crippen molar-refractivity contribution in [2.75, 3.05) is 26.2 Å². The van der Waals surface area contributed by atoms with E-state index < -0.39 is 5.60 Å². The number of hydrogen-bond donors (Lipinski definition) is 0. The molecule has 1 aromatic rings. The molecule has 6 heteroatoms. The molecule has 2 amide bonds. The molecule has 2 unspecified atom stereocenters. The van der Waals surface area contributed by atoms with Crippen LogP contribution in [0.4, 0.5) is 4.79 Å². The second kappa shape index (κ2) is 8.96. The molecule has 1 saturated heterocycles. The Hall–Kier alpha value is -2.08. The van der Waals surface area contributed by atoms with Gasteiger partial charge in [-0.2, -0.15) is 0 Å². The van der Waals surface area contributed by atoms with E-state index in [0.29, 0.717) is 38.3 Å². The average Bonchev–Trinajstić information content (AvgIpc) is 3.09. The number of amides is 2. The second-order valence-corrected chi connectivity index (χ2v) is 9.53. The fraction of sp³-hybridized carbons (Fsp3) is 0.667. The van der Waals surface area contributed by atoms with Gasteiger partial charge in [0.05, 0.1) is 0 Å². The van der Waals surface area contributed by atoms with Crippen molar-refractivity contribution in [1.82, 2.24) is 14.7 Å². The van der Waals surface area contributed by atoms with Gasteiger partial charge >= 0.3 is 6.09 Å². The van der Waals surface area contributed by atoms with E-state index in [1.165, 1.54) is 11.1 Å². The second-order valence-electron chi connectivity index (χ2n) is 9.53. The van der Waals surface area contributed by atoms with Crippen LogP contribution in [0.5, 0.6) is 0 Å². The van der Waals surface area contributed by atoms with Crippen molar-refractivity contribution in [3.63, 3.8) is 0 Å². The van der Waals surface area contributed by atoms with Gasteiger partial charge in [0.25, 0.3) is 5.91 Å². The lowest BCUT2D eigenvalue weighted by molar-refractivity contribution is 0.0141. The quantitative estimate of drug-likeness (QED) is 0.729. The maximum Gasteiger partial charge on any atom is 0.410 e. The van der Waals surface area contributed by atoms with E-state index in [0.717, 1.165) is 24.9 Å². The maximum absolute atomic E-state index is 13.1. The Morgan fingerprint density at radius 1 is 1.10 bits per heavy atom. The number of ether oxygens (including phenoxy) is 1. The zero-order valence-corrected chi connectivity index (χ0v) is 19.4. The highest BCUT2D eigenvalue weighted by Gasteiger charge is 2.33. The van der Waals surface area contributed by atoms with Crippen LogP contribution in [0.1, 0.15) is 81.9 Å². The first-order valence-corrected chi connectivity index (χ1v) is 11.3. The Morgan fingerprint density at radius 3 is 2.30 bits per heavy atom. The molecule has 166 valence electrons. The predicted molar refractivity (Wildman–Crippen MR) is 118 cm³/mol. The smallest absolute Gasteiger partial charge is 0.410 e. The van der Waals surface area contributed by atoms with Gasteiger partial charge in [0.2, 0.25) is 0 Å². The third kappa shape index (κ3) is 4.80. The van der Waals surface area contributed by atoms with Gasteiger partial charge < -0.3 is 14.5 Å². The number of carbonyl (C=O) groups excluding carboxylic acids is 2. The minimum Gasteiger partial charge on any atom is -0.444 e. The molecule has 6 nitrogen and oxygen atoms in total. The average molecular weight is 416 g/mol. The lowest BCUT2D eigenvalue weighted by Gasteiger charge is -2.35. The molecule has 0 bridgehead atoms. The summed E-state index contributed by atoms with van der Waals surface area (Å²) in [6, 6.07) is 7.18. The Labute approximate surface area is 181 Å². The molecule has 0 N–H and O–H groups in total. The first-order chi connectivity index (χ1) is 14.1. The molecule has 2 atom stereocenters. The van der Waals surface area contributed by atoms with Crippen molar-refractivity contribution in [3.8, 4) is 0 Å². The summed E-state index contributed by atoms with van der Waals surface area (Å²) in [5, 5.41) is 0. The molecule has 0 aliphatic carbocycles.